The van der Waals surface area contributed by atoms with Crippen LogP contribution in [0.15, 0.2) is 48.9 Å². The molecule has 3 heterocycles. The maximum atomic E-state index is 11.6. The topological polar surface area (TPSA) is 110 Å². The van der Waals surface area contributed by atoms with E-state index in [1.807, 2.05) is 29.1 Å². The number of rotatable bonds is 7. The largest absolute Gasteiger partial charge is 0.380 e. The van der Waals surface area contributed by atoms with E-state index in [4.69, 9.17) is 17.3 Å². The number of carbonyl (C=O) groups is 1. The molecule has 156 valence electrons. The minimum atomic E-state index is -0.457. The van der Waals surface area contributed by atoms with Gasteiger partial charge in [0.25, 0.3) is 0 Å². The molecule has 1 aromatic carbocycles. The van der Waals surface area contributed by atoms with Gasteiger partial charge in [-0.2, -0.15) is 5.10 Å². The second-order valence-electron chi connectivity index (χ2n) is 7.24. The van der Waals surface area contributed by atoms with Crippen LogP contribution in [0.5, 0.6) is 0 Å². The molecule has 0 spiro atoms. The number of aromatic nitrogens is 3. The lowest BCUT2D eigenvalue weighted by atomic mass is 10.1. The minimum Gasteiger partial charge on any atom is -0.380 e. The number of nitrogens with zero attached hydrogens (tertiary/aromatic N) is 3. The van der Waals surface area contributed by atoms with Crippen LogP contribution in [-0.4, -0.2) is 33.8 Å². The van der Waals surface area contributed by atoms with E-state index in [9.17, 15) is 4.79 Å². The number of nitrogens with two attached hydrogens (primary N) is 1. The highest BCUT2D eigenvalue weighted by atomic mass is 35.5. The summed E-state index contributed by atoms with van der Waals surface area (Å²) in [6.45, 7) is 2.44. The van der Waals surface area contributed by atoms with Crippen molar-refractivity contribution in [3.05, 3.63) is 65.1 Å². The number of anilines is 3. The van der Waals surface area contributed by atoms with Crippen LogP contribution in [0.25, 0.3) is 0 Å². The highest BCUT2D eigenvalue weighted by Gasteiger charge is 2.16. The van der Waals surface area contributed by atoms with Crippen molar-refractivity contribution in [1.29, 1.82) is 0 Å². The van der Waals surface area contributed by atoms with Gasteiger partial charge in [-0.3, -0.25) is 9.48 Å². The Balaban J connectivity index is 1.45. The summed E-state index contributed by atoms with van der Waals surface area (Å²) in [7, 11) is 0. The van der Waals surface area contributed by atoms with E-state index in [0.29, 0.717) is 34.7 Å². The number of benzene rings is 1. The molecule has 0 radical (unpaired) electrons. The van der Waals surface area contributed by atoms with Crippen LogP contribution in [0.3, 0.4) is 0 Å². The molecule has 1 fully saturated rings. The second-order valence-corrected chi connectivity index (χ2v) is 7.65. The summed E-state index contributed by atoms with van der Waals surface area (Å²) in [4.78, 5) is 16.0. The number of pyridine rings is 1. The van der Waals surface area contributed by atoms with Crippen molar-refractivity contribution in [1.82, 2.24) is 20.1 Å². The molecule has 1 amide bonds. The van der Waals surface area contributed by atoms with Crippen molar-refractivity contribution >= 4 is 34.7 Å². The van der Waals surface area contributed by atoms with E-state index in [-0.39, 0.29) is 0 Å². The smallest absolute Gasteiger partial charge is 0.249 e. The fourth-order valence-electron chi connectivity index (χ4n) is 3.57. The van der Waals surface area contributed by atoms with Crippen molar-refractivity contribution < 1.29 is 4.79 Å². The van der Waals surface area contributed by atoms with Gasteiger partial charge in [0.15, 0.2) is 0 Å². The Morgan fingerprint density at radius 2 is 2.07 bits per heavy atom. The van der Waals surface area contributed by atoms with E-state index in [1.165, 1.54) is 0 Å². The molecule has 8 nitrogen and oxygen atoms in total. The zero-order valence-corrected chi connectivity index (χ0v) is 17.2. The molecule has 0 bridgehead atoms. The fourth-order valence-corrected chi connectivity index (χ4v) is 3.74. The first kappa shape index (κ1) is 20.2. The van der Waals surface area contributed by atoms with Gasteiger partial charge >= 0.3 is 0 Å². The Kier molecular flexibility index (Phi) is 6.15. The zero-order valence-electron chi connectivity index (χ0n) is 16.4. The monoisotopic (exact) mass is 425 g/mol. The van der Waals surface area contributed by atoms with E-state index >= 15 is 0 Å². The van der Waals surface area contributed by atoms with E-state index in [1.54, 1.807) is 24.5 Å². The Labute approximate surface area is 179 Å². The van der Waals surface area contributed by atoms with Gasteiger partial charge in [0.2, 0.25) is 5.91 Å². The first-order valence-corrected chi connectivity index (χ1v) is 10.3. The zero-order chi connectivity index (χ0) is 20.9. The number of halogens is 1. The third-order valence-electron chi connectivity index (χ3n) is 5.16. The molecule has 1 aliphatic rings. The lowest BCUT2D eigenvalue weighted by Gasteiger charge is -2.22. The third-order valence-corrected chi connectivity index (χ3v) is 5.47. The maximum Gasteiger partial charge on any atom is 0.249 e. The van der Waals surface area contributed by atoms with Crippen LogP contribution < -0.4 is 21.7 Å². The SMILES string of the molecule is NC(=O)c1ccccc1CNc1cc(Nc2cnn(C3CCNCC3)c2)ncc1Cl. The molecular weight excluding hydrogens is 402 g/mol. The van der Waals surface area contributed by atoms with Gasteiger partial charge in [-0.1, -0.05) is 29.8 Å². The predicted octanol–water partition coefficient (Wildman–Crippen LogP) is 3.31. The average molecular weight is 426 g/mol. The minimum absolute atomic E-state index is 0.413. The molecule has 0 saturated carbocycles. The van der Waals surface area contributed by atoms with Gasteiger partial charge in [0.1, 0.15) is 5.82 Å². The summed E-state index contributed by atoms with van der Waals surface area (Å²) in [6.07, 6.45) is 7.53. The van der Waals surface area contributed by atoms with Gasteiger partial charge in [-0.25, -0.2) is 4.98 Å². The first-order chi connectivity index (χ1) is 14.6. The van der Waals surface area contributed by atoms with E-state index in [0.717, 1.165) is 37.2 Å². The van der Waals surface area contributed by atoms with Crippen LogP contribution in [0, 0.1) is 0 Å². The third kappa shape index (κ3) is 4.72. The van der Waals surface area contributed by atoms with Crippen LogP contribution in [0.4, 0.5) is 17.2 Å². The Hall–Kier alpha value is -3.10. The Bertz CT molecular complexity index is 1030. The normalized spacial score (nSPS) is 14.4. The molecular formula is C21H24ClN7O. The van der Waals surface area contributed by atoms with Gasteiger partial charge in [-0.05, 0) is 37.6 Å². The Morgan fingerprint density at radius 1 is 1.27 bits per heavy atom. The van der Waals surface area contributed by atoms with Crippen molar-refractivity contribution in [2.24, 2.45) is 5.73 Å². The van der Waals surface area contributed by atoms with Crippen molar-refractivity contribution in [3.63, 3.8) is 0 Å². The number of primary amides is 1. The lowest BCUT2D eigenvalue weighted by Crippen LogP contribution is -2.29. The first-order valence-electron chi connectivity index (χ1n) is 9.89. The average Bonchev–Trinajstić information content (AvgIpc) is 3.23. The summed E-state index contributed by atoms with van der Waals surface area (Å²) in [5, 5.41) is 14.9. The second kappa shape index (κ2) is 9.15. The molecule has 1 saturated heterocycles. The number of hydrogen-bond acceptors (Lipinski definition) is 6. The van der Waals surface area contributed by atoms with Crippen molar-refractivity contribution in [2.75, 3.05) is 23.7 Å². The number of hydrogen-bond donors (Lipinski definition) is 4. The standard InChI is InChI=1S/C21H24ClN7O/c22-18-12-26-20(28-15-11-27-29(13-15)16-5-7-24-8-6-16)9-19(18)25-10-14-3-1-2-4-17(14)21(23)30/h1-4,9,11-13,16,24H,5-8,10H2,(H2,23,30)(H2,25,26,28). The Morgan fingerprint density at radius 3 is 2.87 bits per heavy atom. The molecule has 4 rings (SSSR count). The number of carbonyl (C=O) groups excluding carboxylic acids is 1. The summed E-state index contributed by atoms with van der Waals surface area (Å²) >= 11 is 6.31. The van der Waals surface area contributed by atoms with Crippen molar-refractivity contribution in [3.8, 4) is 0 Å². The predicted molar refractivity (Wildman–Crippen MR) is 118 cm³/mol. The maximum absolute atomic E-state index is 11.6. The molecule has 5 N–H and O–H groups in total. The van der Waals surface area contributed by atoms with Crippen LogP contribution in [0.2, 0.25) is 5.02 Å². The van der Waals surface area contributed by atoms with E-state index < -0.39 is 5.91 Å². The molecule has 9 heteroatoms. The van der Waals surface area contributed by atoms with Gasteiger partial charge < -0.3 is 21.7 Å². The molecule has 1 aliphatic heterocycles. The summed E-state index contributed by atoms with van der Waals surface area (Å²) in [5.74, 6) is 0.191. The number of amides is 1. The van der Waals surface area contributed by atoms with Crippen molar-refractivity contribution in [2.45, 2.75) is 25.4 Å². The highest BCUT2D eigenvalue weighted by molar-refractivity contribution is 6.33. The summed E-state index contributed by atoms with van der Waals surface area (Å²) < 4.78 is 2.01. The van der Waals surface area contributed by atoms with Crippen LogP contribution in [-0.2, 0) is 6.54 Å². The number of nitrogens with one attached hydrogen (secondary N) is 3. The summed E-state index contributed by atoms with van der Waals surface area (Å²) in [6, 6.07) is 9.47. The quantitative estimate of drug-likeness (QED) is 0.462. The molecule has 0 atom stereocenters. The molecule has 3 aromatic rings. The summed E-state index contributed by atoms with van der Waals surface area (Å²) in [5.41, 5.74) is 8.32. The van der Waals surface area contributed by atoms with Gasteiger partial charge in [0, 0.05) is 24.4 Å². The van der Waals surface area contributed by atoms with Crippen LogP contribution in [0.1, 0.15) is 34.8 Å². The van der Waals surface area contributed by atoms with E-state index in [2.05, 4.69) is 26.0 Å². The highest BCUT2D eigenvalue weighted by Crippen LogP contribution is 2.27. The number of piperidine rings is 1. The van der Waals surface area contributed by atoms with Gasteiger partial charge in [-0.15, -0.1) is 0 Å². The molecule has 2 aromatic heterocycles. The lowest BCUT2D eigenvalue weighted by molar-refractivity contribution is 0.0999. The molecule has 0 unspecified atom stereocenters. The molecule has 30 heavy (non-hydrogen) atoms. The fraction of sp³-hybridized carbons (Fsp3) is 0.286. The molecule has 0 aliphatic carbocycles. The van der Waals surface area contributed by atoms with Crippen LogP contribution >= 0.6 is 11.6 Å². The van der Waals surface area contributed by atoms with Gasteiger partial charge in [0.05, 0.1) is 34.8 Å².